The minimum Gasteiger partial charge on any atom is -0.497 e. The van der Waals surface area contributed by atoms with Crippen LogP contribution in [0.2, 0.25) is 0 Å². The first-order valence-electron chi connectivity index (χ1n) is 14.2. The summed E-state index contributed by atoms with van der Waals surface area (Å²) in [5.74, 6) is -1.66. The highest BCUT2D eigenvalue weighted by Gasteiger charge is 2.40. The van der Waals surface area contributed by atoms with Gasteiger partial charge in [0.1, 0.15) is 23.0 Å². The second-order valence-electron chi connectivity index (χ2n) is 9.53. The number of carboxylic acid groups (broad SMARTS) is 1. The van der Waals surface area contributed by atoms with Crippen LogP contribution in [0.5, 0.6) is 11.5 Å². The van der Waals surface area contributed by atoms with E-state index in [-0.39, 0.29) is 47.5 Å². The van der Waals surface area contributed by atoms with Crippen molar-refractivity contribution in [3.05, 3.63) is 77.6 Å². The van der Waals surface area contributed by atoms with E-state index in [0.717, 1.165) is 18.2 Å². The van der Waals surface area contributed by atoms with Gasteiger partial charge in [-0.1, -0.05) is 18.2 Å². The smallest absolute Gasteiger partial charge is 0.416 e. The van der Waals surface area contributed by atoms with E-state index < -0.39 is 43.0 Å². The van der Waals surface area contributed by atoms with Crippen molar-refractivity contribution < 1.29 is 41.0 Å². The van der Waals surface area contributed by atoms with Gasteiger partial charge in [-0.3, -0.25) is 4.79 Å². The number of halogens is 4. The number of benzene rings is 3. The molecule has 1 unspecified atom stereocenters. The van der Waals surface area contributed by atoms with Crippen LogP contribution in [0.1, 0.15) is 27.7 Å². The molecule has 8 nitrogen and oxygen atoms in total. The zero-order chi connectivity index (χ0) is 31.8. The van der Waals surface area contributed by atoms with Crippen molar-refractivity contribution in [3.8, 4) is 11.5 Å². The predicted molar refractivity (Wildman–Crippen MR) is 146 cm³/mol. The van der Waals surface area contributed by atoms with Crippen LogP contribution in [-0.2, 0) is 11.0 Å². The van der Waals surface area contributed by atoms with E-state index >= 15 is 4.39 Å². The number of para-hydroxylation sites is 1. The fourth-order valence-corrected chi connectivity index (χ4v) is 5.18. The average Bonchev–Trinajstić information content (AvgIpc) is 2.96. The summed E-state index contributed by atoms with van der Waals surface area (Å²) in [4.78, 5) is 21.7. The molecule has 0 radical (unpaired) electrons. The van der Waals surface area contributed by atoms with E-state index in [1.165, 1.54) is 36.3 Å². The van der Waals surface area contributed by atoms with Crippen molar-refractivity contribution in [2.75, 3.05) is 50.1 Å². The van der Waals surface area contributed by atoms with Gasteiger partial charge in [-0.05, 0) is 36.4 Å². The molecule has 0 saturated carbocycles. The van der Waals surface area contributed by atoms with Crippen LogP contribution in [-0.4, -0.2) is 62.3 Å². The Morgan fingerprint density at radius 2 is 1.78 bits per heavy atom. The van der Waals surface area contributed by atoms with Crippen LogP contribution in [0.3, 0.4) is 0 Å². The number of nitrogens with zero attached hydrogens (tertiary/aromatic N) is 4. The van der Waals surface area contributed by atoms with Gasteiger partial charge in [-0.15, -0.1) is 0 Å². The third-order valence-electron chi connectivity index (χ3n) is 7.11. The second kappa shape index (κ2) is 11.2. The van der Waals surface area contributed by atoms with E-state index in [9.17, 15) is 23.1 Å². The minimum atomic E-state index is -4.70. The molecule has 2 aliphatic heterocycles. The zero-order valence-corrected chi connectivity index (χ0v) is 21.9. The van der Waals surface area contributed by atoms with E-state index in [2.05, 4.69) is 4.99 Å². The molecule has 1 fully saturated rings. The van der Waals surface area contributed by atoms with E-state index in [1.54, 1.807) is 23.1 Å². The summed E-state index contributed by atoms with van der Waals surface area (Å²) in [7, 11) is -1.34. The van der Waals surface area contributed by atoms with Crippen molar-refractivity contribution in [1.29, 1.82) is 0 Å². The molecule has 0 amide bonds. The van der Waals surface area contributed by atoms with Gasteiger partial charge >= 0.3 is 12.1 Å². The highest BCUT2D eigenvalue weighted by Crippen LogP contribution is 2.46. The van der Waals surface area contributed by atoms with Gasteiger partial charge in [-0.25, -0.2) is 9.38 Å². The lowest BCUT2D eigenvalue weighted by molar-refractivity contribution is -0.138. The van der Waals surface area contributed by atoms with E-state index in [0.29, 0.717) is 18.8 Å². The summed E-state index contributed by atoms with van der Waals surface area (Å²) < 4.78 is 89.2. The molecular formula is C29H28F4N4O4. The van der Waals surface area contributed by atoms with Gasteiger partial charge in [0.05, 0.1) is 42.0 Å². The summed E-state index contributed by atoms with van der Waals surface area (Å²) in [5, 5.41) is 9.85. The lowest BCUT2D eigenvalue weighted by Crippen LogP contribution is -2.55. The van der Waals surface area contributed by atoms with Crippen LogP contribution in [0.25, 0.3) is 0 Å². The number of anilines is 2. The molecule has 1 N–H and O–H groups in total. The SMILES string of the molecule is [2H][13C]([2H])([2H])Oc1cccc(N2CCN(C3=Nc4c(F)cccc4C(CC(=O)O)N3c3cc(C(F)(F)F)ccc3OC)CC2)c1. The molecule has 1 atom stereocenters. The molecule has 0 aromatic heterocycles. The quantitative estimate of drug-likeness (QED) is 0.298. The Balaban J connectivity index is 1.55. The molecular weight excluding hydrogens is 545 g/mol. The Bertz CT molecular complexity index is 1580. The lowest BCUT2D eigenvalue weighted by atomic mass is 9.96. The molecule has 0 bridgehead atoms. The summed E-state index contributed by atoms with van der Waals surface area (Å²) in [6.45, 7) is 1.28. The van der Waals surface area contributed by atoms with Gasteiger partial charge in [0.25, 0.3) is 0 Å². The topological polar surface area (TPSA) is 77.8 Å². The number of alkyl halides is 3. The van der Waals surface area contributed by atoms with Crippen LogP contribution >= 0.6 is 0 Å². The molecule has 2 aliphatic rings. The fourth-order valence-electron chi connectivity index (χ4n) is 5.18. The third kappa shape index (κ3) is 5.59. The number of aliphatic imine (C=N–C) groups is 1. The average molecular weight is 577 g/mol. The molecule has 41 heavy (non-hydrogen) atoms. The maximum absolute atomic E-state index is 15.1. The van der Waals surface area contributed by atoms with Crippen molar-refractivity contribution in [1.82, 2.24) is 4.90 Å². The Kier molecular flexibility index (Phi) is 6.64. The number of ether oxygens (including phenoxy) is 2. The lowest BCUT2D eigenvalue weighted by Gasteiger charge is -2.45. The first-order chi connectivity index (χ1) is 20.7. The maximum Gasteiger partial charge on any atom is 0.416 e. The number of methoxy groups -OCH3 is 2. The largest absolute Gasteiger partial charge is 0.497 e. The summed E-state index contributed by atoms with van der Waals surface area (Å²) in [6, 6.07) is 12.4. The van der Waals surface area contributed by atoms with Crippen LogP contribution < -0.4 is 19.3 Å². The molecule has 0 aliphatic carbocycles. The van der Waals surface area contributed by atoms with Crippen LogP contribution in [0, 0.1) is 5.82 Å². The van der Waals surface area contributed by atoms with Crippen molar-refractivity contribution in [3.63, 3.8) is 0 Å². The number of guanidine groups is 1. The molecule has 216 valence electrons. The predicted octanol–water partition coefficient (Wildman–Crippen LogP) is 5.71. The van der Waals surface area contributed by atoms with Crippen molar-refractivity contribution in [2.45, 2.75) is 18.6 Å². The summed E-state index contributed by atoms with van der Waals surface area (Å²) in [6.07, 6.45) is -5.27. The van der Waals surface area contributed by atoms with Gasteiger partial charge in [-0.2, -0.15) is 13.2 Å². The standard InChI is InChI=1S/C29H28F4N4O4/c1-40-20-6-3-5-19(16-20)35-11-13-36(14-12-35)28-34-27-21(7-4-8-22(27)30)23(17-26(38)39)37(28)24-15-18(29(31,32)33)9-10-25(24)41-2/h3-10,15-16,23H,11-14,17H2,1-2H3,(H,38,39)/i1+1D3. The zero-order valence-electron chi connectivity index (χ0n) is 24.9. The van der Waals surface area contributed by atoms with Crippen molar-refractivity contribution in [2.24, 2.45) is 4.99 Å². The Labute approximate surface area is 238 Å². The number of hydrogen-bond acceptors (Lipinski definition) is 7. The number of hydrogen-bond donors (Lipinski definition) is 1. The number of carboxylic acids is 1. The molecule has 3 aromatic carbocycles. The number of rotatable bonds is 6. The van der Waals surface area contributed by atoms with Crippen LogP contribution in [0.15, 0.2) is 65.7 Å². The molecule has 0 spiro atoms. The van der Waals surface area contributed by atoms with Crippen molar-refractivity contribution >= 4 is 29.0 Å². The number of carbonyl (C=O) groups is 1. The van der Waals surface area contributed by atoms with E-state index in [4.69, 9.17) is 13.6 Å². The Hall–Kier alpha value is -4.48. The molecule has 3 aromatic rings. The normalized spacial score (nSPS) is 18.6. The first kappa shape index (κ1) is 24.3. The number of fused-ring (bicyclic) bond motifs is 1. The maximum atomic E-state index is 15.1. The molecule has 12 heteroatoms. The second-order valence-corrected chi connectivity index (χ2v) is 9.53. The third-order valence-corrected chi connectivity index (χ3v) is 7.11. The number of aliphatic carboxylic acids is 1. The molecule has 1 saturated heterocycles. The first-order valence-corrected chi connectivity index (χ1v) is 12.7. The van der Waals surface area contributed by atoms with Crippen LogP contribution in [0.4, 0.5) is 34.6 Å². The summed E-state index contributed by atoms with van der Waals surface area (Å²) in [5.41, 5.74) is -0.239. The molecule has 2 heterocycles. The highest BCUT2D eigenvalue weighted by molar-refractivity contribution is 6.02. The molecule has 5 rings (SSSR count). The van der Waals surface area contributed by atoms with Gasteiger partial charge in [0.2, 0.25) is 5.96 Å². The van der Waals surface area contributed by atoms with Gasteiger partial charge < -0.3 is 29.3 Å². The highest BCUT2D eigenvalue weighted by atomic mass is 19.4. The van der Waals surface area contributed by atoms with Gasteiger partial charge in [0, 0.05) is 43.5 Å². The fraction of sp³-hybridized carbons (Fsp3) is 0.310. The number of piperazine rings is 1. The Morgan fingerprint density at radius 1 is 1.05 bits per heavy atom. The van der Waals surface area contributed by atoms with Gasteiger partial charge in [0.15, 0.2) is 0 Å². The monoisotopic (exact) mass is 576 g/mol. The van der Waals surface area contributed by atoms with E-state index in [1.807, 2.05) is 4.90 Å². The minimum absolute atomic E-state index is 0.0469. The summed E-state index contributed by atoms with van der Waals surface area (Å²) >= 11 is 0. The Morgan fingerprint density at radius 3 is 2.46 bits per heavy atom.